The minimum Gasteiger partial charge on any atom is -0.460 e. The number of nitrogen functional groups attached to an aromatic ring is 1. The summed E-state index contributed by atoms with van der Waals surface area (Å²) in [6.45, 7) is 3.92. The minimum atomic E-state index is -0.435. The number of hydrogen-bond acceptors (Lipinski definition) is 4. The summed E-state index contributed by atoms with van der Waals surface area (Å²) in [4.78, 5) is 11.6. The Labute approximate surface area is 93.0 Å². The van der Waals surface area contributed by atoms with Crippen molar-refractivity contribution in [3.63, 3.8) is 0 Å². The van der Waals surface area contributed by atoms with Crippen molar-refractivity contribution < 1.29 is 13.9 Å². The number of benzene rings is 1. The molecule has 0 unspecified atom stereocenters. The summed E-state index contributed by atoms with van der Waals surface area (Å²) in [6, 6.07) is 5.32. The van der Waals surface area contributed by atoms with Crippen molar-refractivity contribution in [1.82, 2.24) is 0 Å². The van der Waals surface area contributed by atoms with Crippen molar-refractivity contribution in [2.75, 3.05) is 12.3 Å². The van der Waals surface area contributed by atoms with Crippen LogP contribution in [-0.4, -0.2) is 12.6 Å². The van der Waals surface area contributed by atoms with Gasteiger partial charge in [0.1, 0.15) is 5.58 Å². The van der Waals surface area contributed by atoms with E-state index in [0.717, 1.165) is 10.9 Å². The number of furan rings is 1. The highest BCUT2D eigenvalue weighted by Crippen LogP contribution is 2.27. The molecule has 4 heteroatoms. The third kappa shape index (κ3) is 1.62. The van der Waals surface area contributed by atoms with E-state index < -0.39 is 5.97 Å². The van der Waals surface area contributed by atoms with E-state index >= 15 is 0 Å². The van der Waals surface area contributed by atoms with Gasteiger partial charge in [0.15, 0.2) is 0 Å². The van der Waals surface area contributed by atoms with Crippen LogP contribution in [0.1, 0.15) is 23.0 Å². The normalized spacial score (nSPS) is 10.6. The Balaban J connectivity index is 2.55. The van der Waals surface area contributed by atoms with E-state index in [-0.39, 0.29) is 5.76 Å². The second kappa shape index (κ2) is 3.89. The molecule has 1 heterocycles. The molecule has 0 aliphatic heterocycles. The predicted octanol–water partition coefficient (Wildman–Crippen LogP) is 2.50. The van der Waals surface area contributed by atoms with Gasteiger partial charge in [-0.25, -0.2) is 4.79 Å². The van der Waals surface area contributed by atoms with Gasteiger partial charge in [-0.05, 0) is 26.0 Å². The van der Waals surface area contributed by atoms with Crippen LogP contribution in [0.4, 0.5) is 5.69 Å². The quantitative estimate of drug-likeness (QED) is 0.622. The topological polar surface area (TPSA) is 65.5 Å². The third-order valence-electron chi connectivity index (χ3n) is 2.42. The van der Waals surface area contributed by atoms with Gasteiger partial charge in [-0.15, -0.1) is 0 Å². The monoisotopic (exact) mass is 219 g/mol. The zero-order valence-corrected chi connectivity index (χ0v) is 9.24. The molecule has 0 bridgehead atoms. The maximum absolute atomic E-state index is 11.6. The zero-order valence-electron chi connectivity index (χ0n) is 9.24. The van der Waals surface area contributed by atoms with Crippen LogP contribution in [0.15, 0.2) is 22.6 Å². The number of carbonyl (C=O) groups excluding carboxylic acids is 1. The number of nitrogens with two attached hydrogens (primary N) is 1. The Morgan fingerprint density at radius 3 is 2.94 bits per heavy atom. The van der Waals surface area contributed by atoms with Crippen LogP contribution >= 0.6 is 0 Å². The molecular formula is C12H13NO3. The molecular weight excluding hydrogens is 206 g/mol. The molecule has 0 saturated carbocycles. The number of anilines is 1. The fourth-order valence-electron chi connectivity index (χ4n) is 1.63. The molecule has 0 fully saturated rings. The van der Waals surface area contributed by atoms with Crippen LogP contribution in [0.25, 0.3) is 11.0 Å². The number of rotatable bonds is 2. The molecule has 0 aliphatic carbocycles. The standard InChI is InChI=1S/C12H13NO3/c1-3-15-12(14)11-7(2)9-5-4-8(13)6-10(9)16-11/h4-6H,3,13H2,1-2H3. The van der Waals surface area contributed by atoms with E-state index in [1.807, 2.05) is 13.0 Å². The lowest BCUT2D eigenvalue weighted by molar-refractivity contribution is 0.0491. The minimum absolute atomic E-state index is 0.252. The summed E-state index contributed by atoms with van der Waals surface area (Å²) in [5.74, 6) is -0.183. The van der Waals surface area contributed by atoms with Gasteiger partial charge in [0.2, 0.25) is 5.76 Å². The van der Waals surface area contributed by atoms with Crippen molar-refractivity contribution in [3.8, 4) is 0 Å². The molecule has 0 saturated heterocycles. The Bertz CT molecular complexity index is 542. The van der Waals surface area contributed by atoms with E-state index in [1.54, 1.807) is 19.1 Å². The van der Waals surface area contributed by atoms with E-state index in [4.69, 9.17) is 14.9 Å². The highest BCUT2D eigenvalue weighted by atomic mass is 16.5. The van der Waals surface area contributed by atoms with Gasteiger partial charge in [0.25, 0.3) is 0 Å². The smallest absolute Gasteiger partial charge is 0.374 e. The Hall–Kier alpha value is -1.97. The summed E-state index contributed by atoms with van der Waals surface area (Å²) in [7, 11) is 0. The fraction of sp³-hybridized carbons (Fsp3) is 0.250. The van der Waals surface area contributed by atoms with Crippen LogP contribution in [0, 0.1) is 6.92 Å². The average Bonchev–Trinajstić information content (AvgIpc) is 2.56. The van der Waals surface area contributed by atoms with E-state index in [0.29, 0.717) is 17.9 Å². The molecule has 2 rings (SSSR count). The van der Waals surface area contributed by atoms with Gasteiger partial charge in [-0.2, -0.15) is 0 Å². The lowest BCUT2D eigenvalue weighted by Gasteiger charge is -1.97. The molecule has 0 aliphatic rings. The molecule has 2 aromatic rings. The second-order valence-corrected chi connectivity index (χ2v) is 3.53. The number of hydrogen-bond donors (Lipinski definition) is 1. The number of carbonyl (C=O) groups is 1. The van der Waals surface area contributed by atoms with Crippen molar-refractivity contribution in [2.45, 2.75) is 13.8 Å². The zero-order chi connectivity index (χ0) is 11.7. The highest BCUT2D eigenvalue weighted by molar-refractivity contribution is 5.96. The number of ether oxygens (including phenoxy) is 1. The van der Waals surface area contributed by atoms with Crippen LogP contribution in [-0.2, 0) is 4.74 Å². The van der Waals surface area contributed by atoms with E-state index in [2.05, 4.69) is 0 Å². The molecule has 84 valence electrons. The van der Waals surface area contributed by atoms with Crippen LogP contribution in [0.5, 0.6) is 0 Å². The first-order valence-electron chi connectivity index (χ1n) is 5.09. The molecule has 1 aromatic carbocycles. The van der Waals surface area contributed by atoms with Gasteiger partial charge in [0, 0.05) is 22.7 Å². The summed E-state index contributed by atoms with van der Waals surface area (Å²) < 4.78 is 10.3. The van der Waals surface area contributed by atoms with Gasteiger partial charge < -0.3 is 14.9 Å². The molecule has 0 atom stereocenters. The Morgan fingerprint density at radius 2 is 2.25 bits per heavy atom. The SMILES string of the molecule is CCOC(=O)c1oc2cc(N)ccc2c1C. The van der Waals surface area contributed by atoms with Gasteiger partial charge >= 0.3 is 5.97 Å². The second-order valence-electron chi connectivity index (χ2n) is 3.53. The van der Waals surface area contributed by atoms with E-state index in [1.165, 1.54) is 0 Å². The van der Waals surface area contributed by atoms with Gasteiger partial charge in [-0.1, -0.05) is 0 Å². The largest absolute Gasteiger partial charge is 0.460 e. The van der Waals surface area contributed by atoms with Crippen molar-refractivity contribution in [1.29, 1.82) is 0 Å². The summed E-state index contributed by atoms with van der Waals surface area (Å²) >= 11 is 0. The lowest BCUT2D eigenvalue weighted by Crippen LogP contribution is -2.04. The van der Waals surface area contributed by atoms with Crippen molar-refractivity contribution in [3.05, 3.63) is 29.5 Å². The predicted molar refractivity (Wildman–Crippen MR) is 61.3 cm³/mol. The maximum Gasteiger partial charge on any atom is 0.374 e. The average molecular weight is 219 g/mol. The molecule has 0 radical (unpaired) electrons. The van der Waals surface area contributed by atoms with E-state index in [9.17, 15) is 4.79 Å². The van der Waals surface area contributed by atoms with Crippen LogP contribution < -0.4 is 5.73 Å². The summed E-state index contributed by atoms with van der Waals surface area (Å²) in [5.41, 5.74) is 7.65. The van der Waals surface area contributed by atoms with Crippen LogP contribution in [0.3, 0.4) is 0 Å². The highest BCUT2D eigenvalue weighted by Gasteiger charge is 2.18. The summed E-state index contributed by atoms with van der Waals surface area (Å²) in [5, 5.41) is 0.886. The van der Waals surface area contributed by atoms with Gasteiger partial charge in [0.05, 0.1) is 6.61 Å². The van der Waals surface area contributed by atoms with Gasteiger partial charge in [-0.3, -0.25) is 0 Å². The van der Waals surface area contributed by atoms with Crippen molar-refractivity contribution in [2.24, 2.45) is 0 Å². The molecule has 4 nitrogen and oxygen atoms in total. The summed E-state index contributed by atoms with van der Waals surface area (Å²) in [6.07, 6.45) is 0. The molecule has 16 heavy (non-hydrogen) atoms. The number of aryl methyl sites for hydroxylation is 1. The fourth-order valence-corrected chi connectivity index (χ4v) is 1.63. The first-order valence-corrected chi connectivity index (χ1v) is 5.09. The number of esters is 1. The third-order valence-corrected chi connectivity index (χ3v) is 2.42. The number of fused-ring (bicyclic) bond motifs is 1. The molecule has 0 amide bonds. The lowest BCUT2D eigenvalue weighted by atomic mass is 10.1. The van der Waals surface area contributed by atoms with Crippen LogP contribution in [0.2, 0.25) is 0 Å². The molecule has 1 aromatic heterocycles. The first-order chi connectivity index (χ1) is 7.63. The molecule has 2 N–H and O–H groups in total. The van der Waals surface area contributed by atoms with Crippen molar-refractivity contribution >= 4 is 22.6 Å². The Kier molecular flexibility index (Phi) is 2.56. The molecule has 0 spiro atoms. The first kappa shape index (κ1) is 10.5. The maximum atomic E-state index is 11.6. The Morgan fingerprint density at radius 1 is 1.50 bits per heavy atom.